The predicted octanol–water partition coefficient (Wildman–Crippen LogP) is 0.935. The van der Waals surface area contributed by atoms with Gasteiger partial charge in [0.2, 0.25) is 0 Å². The molecule has 0 aromatic carbocycles. The summed E-state index contributed by atoms with van der Waals surface area (Å²) in [6.07, 6.45) is 3.87. The van der Waals surface area contributed by atoms with Crippen LogP contribution in [0.4, 0.5) is 0 Å². The molecule has 3 nitrogen and oxygen atoms in total. The lowest BCUT2D eigenvalue weighted by Gasteiger charge is -1.94. The highest BCUT2D eigenvalue weighted by Crippen LogP contribution is 2.23. The van der Waals surface area contributed by atoms with E-state index in [0.29, 0.717) is 6.10 Å². The zero-order valence-corrected chi connectivity index (χ0v) is 7.99. The van der Waals surface area contributed by atoms with Gasteiger partial charge in [-0.25, -0.2) is 0 Å². The van der Waals surface area contributed by atoms with Crippen molar-refractivity contribution in [3.63, 3.8) is 0 Å². The summed E-state index contributed by atoms with van der Waals surface area (Å²) in [6, 6.07) is 0. The zero-order chi connectivity index (χ0) is 9.40. The van der Waals surface area contributed by atoms with Crippen molar-refractivity contribution < 1.29 is 14.9 Å². The van der Waals surface area contributed by atoms with E-state index in [-0.39, 0.29) is 6.61 Å². The predicted molar refractivity (Wildman–Crippen MR) is 48.0 cm³/mol. The maximum atomic E-state index is 8.11. The molecule has 0 saturated heterocycles. The first-order valence-corrected chi connectivity index (χ1v) is 4.61. The molecular formula is C9H20O3. The second-order valence-corrected chi connectivity index (χ2v) is 3.10. The molecule has 1 fully saturated rings. The Morgan fingerprint density at radius 1 is 1.50 bits per heavy atom. The Bertz CT molecular complexity index is 89.8. The molecule has 1 saturated carbocycles. The van der Waals surface area contributed by atoms with Crippen LogP contribution >= 0.6 is 0 Å². The average molecular weight is 176 g/mol. The largest absolute Gasteiger partial charge is 0.394 e. The summed E-state index contributed by atoms with van der Waals surface area (Å²) >= 11 is 0. The zero-order valence-electron chi connectivity index (χ0n) is 7.99. The smallest absolute Gasteiger partial charge is 0.0742 e. The fourth-order valence-electron chi connectivity index (χ4n) is 0.519. The summed E-state index contributed by atoms with van der Waals surface area (Å²) in [6.45, 7) is 4.49. The molecule has 0 bridgehead atoms. The maximum absolute atomic E-state index is 8.11. The van der Waals surface area contributed by atoms with E-state index in [2.05, 4.69) is 6.92 Å². The molecule has 0 aliphatic heterocycles. The topological polar surface area (TPSA) is 49.7 Å². The van der Waals surface area contributed by atoms with E-state index in [1.54, 1.807) is 0 Å². The van der Waals surface area contributed by atoms with Crippen molar-refractivity contribution in [1.29, 1.82) is 0 Å². The third kappa shape index (κ3) is 9.88. The number of hydrogen-bond acceptors (Lipinski definition) is 3. The van der Waals surface area contributed by atoms with Gasteiger partial charge in [0.1, 0.15) is 0 Å². The van der Waals surface area contributed by atoms with Crippen LogP contribution in [0.15, 0.2) is 0 Å². The highest BCUT2D eigenvalue weighted by atomic mass is 16.5. The Morgan fingerprint density at radius 2 is 2.00 bits per heavy atom. The molecule has 3 heteroatoms. The Hall–Kier alpha value is -0.120. The normalized spacial score (nSPS) is 18.0. The Labute approximate surface area is 74.4 Å². The summed E-state index contributed by atoms with van der Waals surface area (Å²) in [7, 11) is 0. The molecule has 1 aliphatic rings. The summed E-state index contributed by atoms with van der Waals surface area (Å²) in [5.41, 5.74) is 0. The summed E-state index contributed by atoms with van der Waals surface area (Å²) < 4.78 is 5.30. The van der Waals surface area contributed by atoms with Crippen molar-refractivity contribution in [2.24, 2.45) is 0 Å². The fourth-order valence-corrected chi connectivity index (χ4v) is 0.519. The number of hydrogen-bond donors (Lipinski definition) is 2. The third-order valence-corrected chi connectivity index (χ3v) is 1.35. The molecule has 0 amide bonds. The van der Waals surface area contributed by atoms with Crippen LogP contribution in [-0.2, 0) is 4.74 Å². The van der Waals surface area contributed by atoms with Gasteiger partial charge in [-0.05, 0) is 26.2 Å². The van der Waals surface area contributed by atoms with Crippen molar-refractivity contribution in [1.82, 2.24) is 0 Å². The van der Waals surface area contributed by atoms with Crippen molar-refractivity contribution in [3.8, 4) is 0 Å². The van der Waals surface area contributed by atoms with Crippen molar-refractivity contribution in [2.45, 2.75) is 45.3 Å². The number of aliphatic hydroxyl groups is 2. The maximum Gasteiger partial charge on any atom is 0.0742 e. The monoisotopic (exact) mass is 176 g/mol. The minimum absolute atomic E-state index is 0.139. The van der Waals surface area contributed by atoms with Gasteiger partial charge in [-0.2, -0.15) is 0 Å². The second-order valence-electron chi connectivity index (χ2n) is 3.10. The van der Waals surface area contributed by atoms with Crippen LogP contribution in [0.5, 0.6) is 0 Å². The summed E-state index contributed by atoms with van der Waals surface area (Å²) in [4.78, 5) is 0. The van der Waals surface area contributed by atoms with Crippen LogP contribution in [0, 0.1) is 0 Å². The molecule has 12 heavy (non-hydrogen) atoms. The molecule has 74 valence electrons. The lowest BCUT2D eigenvalue weighted by atomic mass is 10.5. The van der Waals surface area contributed by atoms with E-state index in [9.17, 15) is 0 Å². The lowest BCUT2D eigenvalue weighted by Crippen LogP contribution is -2.03. The van der Waals surface area contributed by atoms with Gasteiger partial charge < -0.3 is 14.9 Å². The van der Waals surface area contributed by atoms with E-state index < -0.39 is 6.10 Å². The highest BCUT2D eigenvalue weighted by molar-refractivity contribution is 4.72. The first-order valence-electron chi connectivity index (χ1n) is 4.61. The van der Waals surface area contributed by atoms with Crippen LogP contribution in [0.3, 0.4) is 0 Å². The highest BCUT2D eigenvalue weighted by Gasteiger charge is 2.20. The molecule has 0 heterocycles. The molecule has 0 aromatic heterocycles. The molecule has 0 aromatic rings. The van der Waals surface area contributed by atoms with Gasteiger partial charge in [-0.3, -0.25) is 0 Å². The van der Waals surface area contributed by atoms with Gasteiger partial charge in [-0.1, -0.05) is 6.92 Å². The lowest BCUT2D eigenvalue weighted by molar-refractivity contribution is 0.110. The van der Waals surface area contributed by atoms with E-state index in [1.807, 2.05) is 0 Å². The third-order valence-electron chi connectivity index (χ3n) is 1.35. The van der Waals surface area contributed by atoms with Crippen molar-refractivity contribution >= 4 is 0 Å². The molecule has 1 rings (SSSR count). The number of ether oxygens (including phenoxy) is 1. The Morgan fingerprint density at radius 3 is 2.25 bits per heavy atom. The second kappa shape index (κ2) is 7.53. The van der Waals surface area contributed by atoms with E-state index in [4.69, 9.17) is 14.9 Å². The SMILES string of the molecule is CC(O)CO.CCCOC1CC1. The first kappa shape index (κ1) is 11.9. The standard InChI is InChI=1S/C6H12O.C3H8O2/c1-2-5-7-6-3-4-6;1-3(5)2-4/h6H,2-5H2,1H3;3-5H,2H2,1H3. The van der Waals surface area contributed by atoms with Crippen LogP contribution in [0.2, 0.25) is 0 Å². The quantitative estimate of drug-likeness (QED) is 0.670. The number of aliphatic hydroxyl groups excluding tert-OH is 2. The van der Waals surface area contributed by atoms with Gasteiger partial charge in [0.05, 0.1) is 18.8 Å². The van der Waals surface area contributed by atoms with E-state index in [1.165, 1.54) is 19.8 Å². The average Bonchev–Trinajstić information content (AvgIpc) is 2.85. The Kier molecular flexibility index (Phi) is 7.45. The molecule has 0 spiro atoms. The van der Waals surface area contributed by atoms with Crippen molar-refractivity contribution in [3.05, 3.63) is 0 Å². The minimum atomic E-state index is -0.560. The van der Waals surface area contributed by atoms with E-state index >= 15 is 0 Å². The summed E-state index contributed by atoms with van der Waals surface area (Å²) in [5, 5.41) is 16.0. The summed E-state index contributed by atoms with van der Waals surface area (Å²) in [5.74, 6) is 0. The van der Waals surface area contributed by atoms with Crippen molar-refractivity contribution in [2.75, 3.05) is 13.2 Å². The van der Waals surface area contributed by atoms with Crippen LogP contribution in [0.25, 0.3) is 0 Å². The van der Waals surface area contributed by atoms with Gasteiger partial charge >= 0.3 is 0 Å². The fraction of sp³-hybridized carbons (Fsp3) is 1.00. The molecule has 1 atom stereocenters. The van der Waals surface area contributed by atoms with Gasteiger partial charge in [-0.15, -0.1) is 0 Å². The molecule has 1 aliphatic carbocycles. The first-order chi connectivity index (χ1) is 5.70. The minimum Gasteiger partial charge on any atom is -0.394 e. The number of rotatable bonds is 4. The molecule has 2 N–H and O–H groups in total. The van der Waals surface area contributed by atoms with Gasteiger partial charge in [0.25, 0.3) is 0 Å². The molecule has 1 unspecified atom stereocenters. The van der Waals surface area contributed by atoms with E-state index in [0.717, 1.165) is 13.0 Å². The Balaban J connectivity index is 0.000000217. The molecular weight excluding hydrogens is 156 g/mol. The van der Waals surface area contributed by atoms with Crippen LogP contribution in [-0.4, -0.2) is 35.6 Å². The van der Waals surface area contributed by atoms with Crippen LogP contribution < -0.4 is 0 Å². The van der Waals surface area contributed by atoms with Crippen LogP contribution in [0.1, 0.15) is 33.1 Å². The van der Waals surface area contributed by atoms with Gasteiger partial charge in [0.15, 0.2) is 0 Å². The van der Waals surface area contributed by atoms with Gasteiger partial charge in [0, 0.05) is 6.61 Å². The molecule has 0 radical (unpaired) electrons.